The smallest absolute Gasteiger partial charge is 0.279 e. The molecule has 3 amide bonds. The minimum atomic E-state index is -1.15. The number of aryl methyl sites for hydroxylation is 2. The van der Waals surface area contributed by atoms with E-state index in [2.05, 4.69) is 16.2 Å². The Morgan fingerprint density at radius 3 is 2.41 bits per heavy atom. The van der Waals surface area contributed by atoms with Crippen LogP contribution in [0.3, 0.4) is 0 Å². The number of fused-ring (bicyclic) bond motifs is 1. The van der Waals surface area contributed by atoms with Gasteiger partial charge >= 0.3 is 0 Å². The Morgan fingerprint density at radius 2 is 1.66 bits per heavy atom. The van der Waals surface area contributed by atoms with Gasteiger partial charge < -0.3 is 5.32 Å². The summed E-state index contributed by atoms with van der Waals surface area (Å²) in [5, 5.41) is 2.27. The van der Waals surface area contributed by atoms with Gasteiger partial charge in [0.2, 0.25) is 0 Å². The molecule has 154 valence electrons. The van der Waals surface area contributed by atoms with E-state index in [1.54, 1.807) is 0 Å². The number of amides is 3. The van der Waals surface area contributed by atoms with E-state index < -0.39 is 35.9 Å². The van der Waals surface area contributed by atoms with E-state index in [0.29, 0.717) is 4.88 Å². The number of carbonyl (C=O) groups is 3. The van der Waals surface area contributed by atoms with Gasteiger partial charge in [0.05, 0.1) is 11.4 Å². The second kappa shape index (κ2) is 9.60. The third kappa shape index (κ3) is 5.60. The van der Waals surface area contributed by atoms with Crippen molar-refractivity contribution in [1.29, 1.82) is 0 Å². The number of benzene rings is 1. The Balaban J connectivity index is 1.47. The van der Waals surface area contributed by atoms with Crippen LogP contribution in [-0.4, -0.2) is 24.3 Å². The fraction of sp³-hybridized carbons (Fsp3) is 0.350. The molecule has 9 heteroatoms. The number of thiophene rings is 1. The van der Waals surface area contributed by atoms with Crippen LogP contribution >= 0.6 is 11.3 Å². The second-order valence-electron chi connectivity index (χ2n) is 6.79. The molecule has 1 aromatic carbocycles. The van der Waals surface area contributed by atoms with Crippen LogP contribution in [0.1, 0.15) is 56.2 Å². The molecule has 1 aromatic heterocycles. The minimum absolute atomic E-state index is 0.114. The predicted molar refractivity (Wildman–Crippen MR) is 104 cm³/mol. The maximum absolute atomic E-state index is 13.2. The highest BCUT2D eigenvalue weighted by Gasteiger charge is 2.17. The molecule has 3 rings (SSSR count). The fourth-order valence-corrected chi connectivity index (χ4v) is 4.24. The summed E-state index contributed by atoms with van der Waals surface area (Å²) in [4.78, 5) is 37.8. The van der Waals surface area contributed by atoms with Crippen molar-refractivity contribution in [2.24, 2.45) is 0 Å². The van der Waals surface area contributed by atoms with Crippen molar-refractivity contribution in [2.75, 3.05) is 6.54 Å². The van der Waals surface area contributed by atoms with Crippen molar-refractivity contribution < 1.29 is 23.2 Å². The Bertz CT molecular complexity index is 904. The quantitative estimate of drug-likeness (QED) is 0.664. The molecule has 1 aliphatic carbocycles. The molecule has 0 aliphatic heterocycles. The molecule has 6 nitrogen and oxygen atoms in total. The summed E-state index contributed by atoms with van der Waals surface area (Å²) < 4.78 is 26.1. The van der Waals surface area contributed by atoms with Crippen molar-refractivity contribution in [3.63, 3.8) is 0 Å². The van der Waals surface area contributed by atoms with Crippen molar-refractivity contribution in [1.82, 2.24) is 16.2 Å². The van der Waals surface area contributed by atoms with Crippen LogP contribution in [0.4, 0.5) is 8.78 Å². The molecule has 2 aromatic rings. The molecule has 3 N–H and O–H groups in total. The van der Waals surface area contributed by atoms with Gasteiger partial charge in [0, 0.05) is 10.4 Å². The lowest BCUT2D eigenvalue weighted by atomic mass is 10.00. The van der Waals surface area contributed by atoms with E-state index in [0.717, 1.165) is 43.9 Å². The highest BCUT2D eigenvalue weighted by atomic mass is 32.1. The second-order valence-corrected chi connectivity index (χ2v) is 7.92. The number of hydrogen-bond donors (Lipinski definition) is 3. The lowest BCUT2D eigenvalue weighted by molar-refractivity contribution is -0.120. The Morgan fingerprint density at radius 1 is 0.897 bits per heavy atom. The Labute approximate surface area is 170 Å². The number of hydrazine groups is 1. The average molecular weight is 421 g/mol. The summed E-state index contributed by atoms with van der Waals surface area (Å²) in [7, 11) is 0. The van der Waals surface area contributed by atoms with Gasteiger partial charge in [0.25, 0.3) is 17.7 Å². The highest BCUT2D eigenvalue weighted by Crippen LogP contribution is 2.28. The SMILES string of the molecule is O=C(CNC(=O)c1ccc(F)c(F)c1)NNC(=O)c1cc2c(s1)CCCCCC2. The highest BCUT2D eigenvalue weighted by molar-refractivity contribution is 7.14. The van der Waals surface area contributed by atoms with Crippen molar-refractivity contribution >= 4 is 29.1 Å². The van der Waals surface area contributed by atoms with E-state index >= 15 is 0 Å². The predicted octanol–water partition coefficient (Wildman–Crippen LogP) is 2.88. The average Bonchev–Trinajstić information content (AvgIpc) is 3.08. The summed E-state index contributed by atoms with van der Waals surface area (Å²) in [5.74, 6) is -4.02. The molecule has 0 atom stereocenters. The number of rotatable bonds is 4. The molecule has 1 heterocycles. The zero-order valence-electron chi connectivity index (χ0n) is 15.6. The number of nitrogens with one attached hydrogen (secondary N) is 3. The summed E-state index contributed by atoms with van der Waals surface area (Å²) in [5.41, 5.74) is 5.65. The molecule has 0 saturated carbocycles. The lowest BCUT2D eigenvalue weighted by Crippen LogP contribution is -2.46. The first-order chi connectivity index (χ1) is 13.9. The Kier molecular flexibility index (Phi) is 6.92. The van der Waals surface area contributed by atoms with Gasteiger partial charge in [-0.05, 0) is 55.5 Å². The zero-order valence-corrected chi connectivity index (χ0v) is 16.5. The summed E-state index contributed by atoms with van der Waals surface area (Å²) in [6.07, 6.45) is 6.55. The summed E-state index contributed by atoms with van der Waals surface area (Å²) in [6, 6.07) is 4.55. The molecule has 0 fully saturated rings. The van der Waals surface area contributed by atoms with Gasteiger partial charge in [0.1, 0.15) is 0 Å². The molecule has 0 radical (unpaired) electrons. The molecule has 0 unspecified atom stereocenters. The normalized spacial score (nSPS) is 13.6. The lowest BCUT2D eigenvalue weighted by Gasteiger charge is -2.08. The zero-order chi connectivity index (χ0) is 20.8. The number of carbonyl (C=O) groups excluding carboxylic acids is 3. The van der Waals surface area contributed by atoms with Crippen LogP contribution in [0.25, 0.3) is 0 Å². The largest absolute Gasteiger partial charge is 0.343 e. The van der Waals surface area contributed by atoms with Gasteiger partial charge in [0.15, 0.2) is 11.6 Å². The topological polar surface area (TPSA) is 87.3 Å². The third-order valence-electron chi connectivity index (χ3n) is 4.63. The fourth-order valence-electron chi connectivity index (χ4n) is 3.09. The molecular weight excluding hydrogens is 400 g/mol. The molecule has 0 bridgehead atoms. The minimum Gasteiger partial charge on any atom is -0.343 e. The van der Waals surface area contributed by atoms with Gasteiger partial charge in [-0.15, -0.1) is 11.3 Å². The van der Waals surface area contributed by atoms with Crippen LogP contribution < -0.4 is 16.2 Å². The van der Waals surface area contributed by atoms with E-state index in [1.165, 1.54) is 34.6 Å². The number of hydrogen-bond acceptors (Lipinski definition) is 4. The van der Waals surface area contributed by atoms with E-state index in [-0.39, 0.29) is 5.56 Å². The van der Waals surface area contributed by atoms with E-state index in [1.807, 2.05) is 6.07 Å². The van der Waals surface area contributed by atoms with Crippen molar-refractivity contribution in [3.05, 3.63) is 56.8 Å². The number of halogens is 2. The standard InChI is InChI=1S/C20H21F2N3O3S/c21-14-8-7-13(9-15(14)22)19(27)23-11-18(26)24-25-20(28)17-10-12-5-3-1-2-4-6-16(12)29-17/h7-10H,1-6,11H2,(H,23,27)(H,24,26)(H,25,28). The molecular formula is C20H21F2N3O3S. The van der Waals surface area contributed by atoms with Gasteiger partial charge in [-0.1, -0.05) is 12.8 Å². The summed E-state index contributed by atoms with van der Waals surface area (Å²) >= 11 is 1.44. The molecule has 0 spiro atoms. The first-order valence-electron chi connectivity index (χ1n) is 9.38. The Hall–Kier alpha value is -2.81. The van der Waals surface area contributed by atoms with Crippen molar-refractivity contribution in [3.8, 4) is 0 Å². The van der Waals surface area contributed by atoms with E-state index in [4.69, 9.17) is 0 Å². The maximum Gasteiger partial charge on any atom is 0.279 e. The van der Waals surface area contributed by atoms with Crippen molar-refractivity contribution in [2.45, 2.75) is 38.5 Å². The maximum atomic E-state index is 13.2. The molecule has 0 saturated heterocycles. The third-order valence-corrected chi connectivity index (χ3v) is 5.86. The van der Waals surface area contributed by atoms with Crippen LogP contribution in [0, 0.1) is 11.6 Å². The first kappa shape index (κ1) is 20.9. The van der Waals surface area contributed by atoms with Crippen LogP contribution in [0.2, 0.25) is 0 Å². The molecule has 1 aliphatic rings. The molecule has 29 heavy (non-hydrogen) atoms. The summed E-state index contributed by atoms with van der Waals surface area (Å²) in [6.45, 7) is -0.431. The first-order valence-corrected chi connectivity index (χ1v) is 10.2. The van der Waals surface area contributed by atoms with E-state index in [9.17, 15) is 23.2 Å². The van der Waals surface area contributed by atoms with Gasteiger partial charge in [-0.25, -0.2) is 8.78 Å². The van der Waals surface area contributed by atoms with Crippen LogP contribution in [0.15, 0.2) is 24.3 Å². The van der Waals surface area contributed by atoms with Crippen LogP contribution in [-0.2, 0) is 17.6 Å². The van der Waals surface area contributed by atoms with Gasteiger partial charge in [-0.2, -0.15) is 0 Å². The monoisotopic (exact) mass is 421 g/mol. The van der Waals surface area contributed by atoms with Crippen LogP contribution in [0.5, 0.6) is 0 Å². The van der Waals surface area contributed by atoms with Gasteiger partial charge in [-0.3, -0.25) is 25.2 Å².